The van der Waals surface area contributed by atoms with Gasteiger partial charge in [-0.05, 0) is 73.8 Å². The highest BCUT2D eigenvalue weighted by atomic mass is 28.4. The van der Waals surface area contributed by atoms with Crippen LogP contribution in [0, 0.1) is 29.6 Å². The van der Waals surface area contributed by atoms with Gasteiger partial charge in [-0.15, -0.1) is 0 Å². The third-order valence-electron chi connectivity index (χ3n) is 11.1. The predicted molar refractivity (Wildman–Crippen MR) is 176 cm³/mol. The number of aldehydes is 1. The summed E-state index contributed by atoms with van der Waals surface area (Å²) in [4.78, 5) is 12.7. The Labute approximate surface area is 250 Å². The van der Waals surface area contributed by atoms with Crippen molar-refractivity contribution in [2.24, 2.45) is 29.6 Å². The summed E-state index contributed by atoms with van der Waals surface area (Å²) in [5, 5.41) is 11.8. The molecule has 232 valence electrons. The first-order chi connectivity index (χ1) is 18.3. The van der Waals surface area contributed by atoms with Crippen LogP contribution < -0.4 is 0 Å². The summed E-state index contributed by atoms with van der Waals surface area (Å²) in [7, 11) is -3.83. The van der Waals surface area contributed by atoms with Gasteiger partial charge in [0.1, 0.15) is 6.29 Å². The molecule has 0 amide bonds. The minimum Gasteiger partial charge on any atom is -0.417 e. The number of fused-ring (bicyclic) bond motifs is 1. The number of hydrogen-bond acceptors (Lipinski definition) is 4. The molecule has 2 rings (SSSR count). The topological polar surface area (TPSA) is 55.8 Å². The lowest BCUT2D eigenvalue weighted by Crippen LogP contribution is -2.52. The highest BCUT2D eigenvalue weighted by Crippen LogP contribution is 2.54. The molecule has 0 aliphatic heterocycles. The monoisotopic (exact) mass is 592 g/mol. The van der Waals surface area contributed by atoms with Crippen LogP contribution in [0.1, 0.15) is 102 Å². The average Bonchev–Trinajstić information content (AvgIpc) is 3.05. The molecule has 0 radical (unpaired) electrons. The Bertz CT molecular complexity index is 876. The maximum absolute atomic E-state index is 12.7. The van der Waals surface area contributed by atoms with Crippen LogP contribution in [-0.2, 0) is 13.6 Å². The van der Waals surface area contributed by atoms with Crippen LogP contribution in [0.4, 0.5) is 0 Å². The summed E-state index contributed by atoms with van der Waals surface area (Å²) in [6, 6.07) is 0. The fraction of sp³-hybridized carbons (Fsp3) is 0.853. The van der Waals surface area contributed by atoms with Gasteiger partial charge in [-0.25, -0.2) is 0 Å². The Balaban J connectivity index is 2.20. The molecule has 0 aromatic rings. The summed E-state index contributed by atoms with van der Waals surface area (Å²) >= 11 is 0. The number of aliphatic hydroxyl groups is 1. The number of hydrogen-bond donors (Lipinski definition) is 1. The van der Waals surface area contributed by atoms with Crippen LogP contribution in [0.3, 0.4) is 0 Å². The largest absolute Gasteiger partial charge is 0.417 e. The van der Waals surface area contributed by atoms with E-state index in [1.165, 1.54) is 11.1 Å². The van der Waals surface area contributed by atoms with Crippen LogP contribution in [-0.4, -0.2) is 46.8 Å². The summed E-state index contributed by atoms with van der Waals surface area (Å²) in [5.41, 5.74) is 4.10. The molecule has 2 aliphatic carbocycles. The number of aliphatic hydroxyl groups excluding tert-OH is 1. The summed E-state index contributed by atoms with van der Waals surface area (Å²) in [5.74, 6) is -0.00455. The fourth-order valence-electron chi connectivity index (χ4n) is 7.71. The minimum atomic E-state index is -2.13. The first kappa shape index (κ1) is 35.7. The van der Waals surface area contributed by atoms with E-state index in [0.717, 1.165) is 32.2 Å². The van der Waals surface area contributed by atoms with E-state index in [1.807, 2.05) is 0 Å². The van der Waals surface area contributed by atoms with E-state index in [4.69, 9.17) is 8.85 Å². The van der Waals surface area contributed by atoms with Crippen molar-refractivity contribution in [1.29, 1.82) is 0 Å². The van der Waals surface area contributed by atoms with Gasteiger partial charge in [0, 0.05) is 30.3 Å². The second kappa shape index (κ2) is 13.8. The number of allylic oxidation sites excluding steroid dienone is 3. The Morgan fingerprint density at radius 1 is 1.07 bits per heavy atom. The van der Waals surface area contributed by atoms with Crippen molar-refractivity contribution < 1.29 is 18.8 Å². The van der Waals surface area contributed by atoms with Crippen LogP contribution in [0.25, 0.3) is 0 Å². The van der Waals surface area contributed by atoms with Gasteiger partial charge in [-0.1, -0.05) is 92.5 Å². The van der Waals surface area contributed by atoms with Gasteiger partial charge >= 0.3 is 0 Å². The third kappa shape index (κ3) is 7.33. The molecule has 0 aromatic heterocycles. The van der Waals surface area contributed by atoms with E-state index in [-0.39, 0.29) is 40.7 Å². The molecule has 6 heteroatoms. The zero-order valence-corrected chi connectivity index (χ0v) is 30.5. The molecular weight excluding hydrogens is 529 g/mol. The maximum atomic E-state index is 12.7. The molecule has 0 bridgehead atoms. The molecule has 4 nitrogen and oxygen atoms in total. The molecule has 1 saturated carbocycles. The third-order valence-corrected chi connectivity index (χ3v) is 21.8. The fourth-order valence-corrected chi connectivity index (χ4v) is 14.5. The van der Waals surface area contributed by atoms with E-state index in [0.29, 0.717) is 16.6 Å². The second-order valence-corrected chi connectivity index (χ2v) is 25.8. The average molecular weight is 593 g/mol. The Morgan fingerprint density at radius 2 is 1.62 bits per heavy atom. The number of carbonyl (C=O) groups is 1. The molecule has 1 fully saturated rings. The Morgan fingerprint density at radius 3 is 2.10 bits per heavy atom. The van der Waals surface area contributed by atoms with Crippen molar-refractivity contribution in [3.63, 3.8) is 0 Å². The van der Waals surface area contributed by atoms with Crippen LogP contribution in [0.2, 0.25) is 34.8 Å². The lowest BCUT2D eigenvalue weighted by Gasteiger charge is -2.46. The lowest BCUT2D eigenvalue weighted by molar-refractivity contribution is -0.116. The van der Waals surface area contributed by atoms with E-state index >= 15 is 0 Å². The van der Waals surface area contributed by atoms with Crippen LogP contribution in [0.5, 0.6) is 0 Å². The molecule has 0 spiro atoms. The standard InChI is InChI=1S/C34H64O4Si2/c1-22(2)40(23(3)4,24(5)6)38-33-27(9)32(36)31-29(33)20-26(8)28(30(31)21-35)18-17-25(7)16-15-19-37-39(13,14)34(10,11)12/h17,20-24,27-33,36H,15-16,18-19H2,1-14H3/b25-17+/t27-,28-,29+,30-,31-,32-,33-/m0/s1. The van der Waals surface area contributed by atoms with Gasteiger partial charge in [0.2, 0.25) is 8.32 Å². The molecular formula is C34H64O4Si2. The van der Waals surface area contributed by atoms with E-state index in [2.05, 4.69) is 108 Å². The molecule has 2 aliphatic rings. The van der Waals surface area contributed by atoms with Gasteiger partial charge < -0.3 is 18.8 Å². The van der Waals surface area contributed by atoms with Crippen LogP contribution in [0.15, 0.2) is 23.3 Å². The first-order valence-corrected chi connectivity index (χ1v) is 21.2. The van der Waals surface area contributed by atoms with Gasteiger partial charge in [0.15, 0.2) is 8.32 Å². The van der Waals surface area contributed by atoms with Crippen LogP contribution >= 0.6 is 0 Å². The van der Waals surface area contributed by atoms with E-state index in [9.17, 15) is 9.90 Å². The number of carbonyl (C=O) groups excluding carboxylic acids is 1. The van der Waals surface area contributed by atoms with Crippen molar-refractivity contribution in [2.45, 2.75) is 149 Å². The van der Waals surface area contributed by atoms with Gasteiger partial charge in [0.25, 0.3) is 0 Å². The van der Waals surface area contributed by atoms with E-state index in [1.54, 1.807) is 0 Å². The van der Waals surface area contributed by atoms with Gasteiger partial charge in [-0.3, -0.25) is 0 Å². The summed E-state index contributed by atoms with van der Waals surface area (Å²) in [6.45, 7) is 32.7. The van der Waals surface area contributed by atoms with Crippen molar-refractivity contribution in [3.8, 4) is 0 Å². The van der Waals surface area contributed by atoms with Crippen molar-refractivity contribution in [3.05, 3.63) is 23.3 Å². The molecule has 0 saturated heterocycles. The predicted octanol–water partition coefficient (Wildman–Crippen LogP) is 9.32. The smallest absolute Gasteiger partial charge is 0.200 e. The Hall–Kier alpha value is -0.536. The second-order valence-electron chi connectivity index (χ2n) is 15.6. The SMILES string of the molecule is CC1=C[C@H]2[C@@H](O[Si](C(C)C)(C(C)C)C(C)C)[C@@H](C)[C@H](O)[C@@H]2[C@@H](C=O)[C@H]1C/C=C(\C)CCCO[Si](C)(C)C(C)(C)C. The quantitative estimate of drug-likeness (QED) is 0.100. The first-order valence-electron chi connectivity index (χ1n) is 16.1. The molecule has 40 heavy (non-hydrogen) atoms. The van der Waals surface area contributed by atoms with Gasteiger partial charge in [-0.2, -0.15) is 0 Å². The molecule has 7 atom stereocenters. The van der Waals surface area contributed by atoms with Gasteiger partial charge in [0.05, 0.1) is 12.2 Å². The maximum Gasteiger partial charge on any atom is 0.200 e. The zero-order valence-electron chi connectivity index (χ0n) is 28.5. The summed E-state index contributed by atoms with van der Waals surface area (Å²) < 4.78 is 13.7. The lowest BCUT2D eigenvalue weighted by atomic mass is 9.67. The molecule has 1 N–H and O–H groups in total. The molecule has 0 aromatic carbocycles. The molecule has 0 heterocycles. The highest BCUT2D eigenvalue weighted by Gasteiger charge is 2.57. The number of rotatable bonds is 13. The van der Waals surface area contributed by atoms with E-state index < -0.39 is 22.7 Å². The van der Waals surface area contributed by atoms with Crippen molar-refractivity contribution >= 4 is 22.9 Å². The van der Waals surface area contributed by atoms with Crippen molar-refractivity contribution in [1.82, 2.24) is 0 Å². The highest BCUT2D eigenvalue weighted by molar-refractivity contribution is 6.77. The minimum absolute atomic E-state index is 0.0153. The molecule has 0 unspecified atom stereocenters. The Kier molecular flexibility index (Phi) is 12.3. The zero-order chi connectivity index (χ0) is 30.8. The van der Waals surface area contributed by atoms with Crippen molar-refractivity contribution in [2.75, 3.05) is 6.61 Å². The summed E-state index contributed by atoms with van der Waals surface area (Å²) in [6.07, 6.45) is 8.19. The normalized spacial score (nSPS) is 30.3.